The fraction of sp³-hybridized carbons (Fsp3) is 0.571. The molecule has 1 aromatic carbocycles. The molecule has 1 heterocycles. The van der Waals surface area contributed by atoms with Gasteiger partial charge in [0.05, 0.1) is 5.54 Å². The van der Waals surface area contributed by atoms with Crippen molar-refractivity contribution in [3.8, 4) is 0 Å². The van der Waals surface area contributed by atoms with E-state index in [0.717, 1.165) is 24.1 Å². The molecule has 2 N–H and O–H groups in total. The van der Waals surface area contributed by atoms with E-state index in [0.29, 0.717) is 0 Å². The number of piperazine rings is 1. The number of benzene rings is 1. The Balaban J connectivity index is 0.000000811. The third-order valence-electron chi connectivity index (χ3n) is 2.78. The molecule has 0 radical (unpaired) electrons. The normalized spacial score (nSPS) is 23.1. The quantitative estimate of drug-likeness (QED) is 0.829. The largest absolute Gasteiger partial charge is 0.313 e. The molecule has 17 heavy (non-hydrogen) atoms. The van der Waals surface area contributed by atoms with Crippen molar-refractivity contribution in [1.29, 1.82) is 0 Å². The summed E-state index contributed by atoms with van der Waals surface area (Å²) in [5.74, 6) is 0. The highest BCUT2D eigenvalue weighted by Crippen LogP contribution is 2.23. The Morgan fingerprint density at radius 1 is 1.12 bits per heavy atom. The molecule has 1 aliphatic rings. The maximum Gasteiger partial charge on any atom is 0.0532 e. The van der Waals surface area contributed by atoms with E-state index in [4.69, 9.17) is 0 Å². The minimum absolute atomic E-state index is 0. The van der Waals surface area contributed by atoms with Crippen molar-refractivity contribution in [3.05, 3.63) is 34.3 Å². The number of rotatable bonds is 1. The second-order valence-corrected chi connectivity index (χ2v) is 4.86. The van der Waals surface area contributed by atoms with Crippen molar-refractivity contribution >= 4 is 15.9 Å². The maximum atomic E-state index is 3.55. The van der Waals surface area contributed by atoms with E-state index in [1.807, 2.05) is 13.8 Å². The fourth-order valence-electron chi connectivity index (χ4n) is 1.85. The molecule has 1 aliphatic heterocycles. The molecule has 1 unspecified atom stereocenters. The highest BCUT2D eigenvalue weighted by atomic mass is 79.9. The molecular formula is C14H25BrN2. The monoisotopic (exact) mass is 300 g/mol. The first-order valence-corrected chi connectivity index (χ1v) is 6.72. The van der Waals surface area contributed by atoms with Crippen molar-refractivity contribution in [2.45, 2.75) is 33.7 Å². The summed E-state index contributed by atoms with van der Waals surface area (Å²) in [5, 5.41) is 6.97. The SMILES string of the molecule is C.CC.CC1(c2ccc(Br)cc2)CNCCN1. The van der Waals surface area contributed by atoms with Crippen LogP contribution in [0, 0.1) is 0 Å². The van der Waals surface area contributed by atoms with Crippen molar-refractivity contribution in [1.82, 2.24) is 10.6 Å². The van der Waals surface area contributed by atoms with E-state index < -0.39 is 0 Å². The molecule has 0 aromatic heterocycles. The standard InChI is InChI=1S/C11H15BrN2.C2H6.CH4/c1-11(8-13-6-7-14-11)9-2-4-10(12)5-3-9;1-2;/h2-5,13-14H,6-8H2,1H3;1-2H3;1H4. The molecule has 3 heteroatoms. The van der Waals surface area contributed by atoms with Gasteiger partial charge in [-0.1, -0.05) is 49.3 Å². The Labute approximate surface area is 114 Å². The molecule has 0 amide bonds. The third-order valence-corrected chi connectivity index (χ3v) is 3.31. The van der Waals surface area contributed by atoms with Crippen LogP contribution in [0.2, 0.25) is 0 Å². The molecule has 0 aliphatic carbocycles. The highest BCUT2D eigenvalue weighted by molar-refractivity contribution is 9.10. The number of hydrogen-bond donors (Lipinski definition) is 2. The Morgan fingerprint density at radius 3 is 2.18 bits per heavy atom. The van der Waals surface area contributed by atoms with Crippen LogP contribution in [0.25, 0.3) is 0 Å². The van der Waals surface area contributed by atoms with E-state index in [1.54, 1.807) is 0 Å². The van der Waals surface area contributed by atoms with Gasteiger partial charge in [0.1, 0.15) is 0 Å². The predicted molar refractivity (Wildman–Crippen MR) is 80.4 cm³/mol. The van der Waals surface area contributed by atoms with Gasteiger partial charge in [0.25, 0.3) is 0 Å². The van der Waals surface area contributed by atoms with Crippen LogP contribution in [-0.2, 0) is 5.54 Å². The maximum absolute atomic E-state index is 3.55. The zero-order chi connectivity index (χ0) is 12.0. The zero-order valence-corrected chi connectivity index (χ0v) is 11.9. The Bertz CT molecular complexity index is 303. The molecule has 2 rings (SSSR count). The Morgan fingerprint density at radius 2 is 1.71 bits per heavy atom. The predicted octanol–water partition coefficient (Wildman–Crippen LogP) is 3.52. The van der Waals surface area contributed by atoms with E-state index in [1.165, 1.54) is 5.56 Å². The van der Waals surface area contributed by atoms with Gasteiger partial charge in [-0.15, -0.1) is 0 Å². The van der Waals surface area contributed by atoms with Crippen molar-refractivity contribution in [2.75, 3.05) is 19.6 Å². The molecule has 2 nitrogen and oxygen atoms in total. The molecule has 0 saturated carbocycles. The van der Waals surface area contributed by atoms with E-state index in [9.17, 15) is 0 Å². The van der Waals surface area contributed by atoms with E-state index in [-0.39, 0.29) is 13.0 Å². The number of hydrogen-bond acceptors (Lipinski definition) is 2. The zero-order valence-electron chi connectivity index (χ0n) is 10.3. The third kappa shape index (κ3) is 4.41. The van der Waals surface area contributed by atoms with Crippen LogP contribution in [0.1, 0.15) is 33.8 Å². The lowest BCUT2D eigenvalue weighted by molar-refractivity contribution is 0.303. The minimum Gasteiger partial charge on any atom is -0.313 e. The average molecular weight is 301 g/mol. The first kappa shape index (κ1) is 16.6. The van der Waals surface area contributed by atoms with Gasteiger partial charge < -0.3 is 10.6 Å². The molecule has 1 fully saturated rings. The molecule has 1 aromatic rings. The first-order chi connectivity index (χ1) is 7.71. The topological polar surface area (TPSA) is 24.1 Å². The lowest BCUT2D eigenvalue weighted by atomic mass is 9.90. The second-order valence-electron chi connectivity index (χ2n) is 3.94. The van der Waals surface area contributed by atoms with Crippen LogP contribution in [-0.4, -0.2) is 19.6 Å². The minimum atomic E-state index is 0. The highest BCUT2D eigenvalue weighted by Gasteiger charge is 2.27. The lowest BCUT2D eigenvalue weighted by Gasteiger charge is -2.36. The first-order valence-electron chi connectivity index (χ1n) is 5.92. The van der Waals surface area contributed by atoms with Gasteiger partial charge in [-0.25, -0.2) is 0 Å². The summed E-state index contributed by atoms with van der Waals surface area (Å²) in [6.45, 7) is 9.33. The summed E-state index contributed by atoms with van der Waals surface area (Å²) in [6.07, 6.45) is 0. The summed E-state index contributed by atoms with van der Waals surface area (Å²) < 4.78 is 1.13. The summed E-state index contributed by atoms with van der Waals surface area (Å²) in [6, 6.07) is 8.53. The molecule has 0 bridgehead atoms. The van der Waals surface area contributed by atoms with Crippen LogP contribution < -0.4 is 10.6 Å². The molecule has 0 spiro atoms. The fourth-order valence-corrected chi connectivity index (χ4v) is 2.11. The van der Waals surface area contributed by atoms with E-state index >= 15 is 0 Å². The smallest absolute Gasteiger partial charge is 0.0532 e. The van der Waals surface area contributed by atoms with Crippen molar-refractivity contribution in [3.63, 3.8) is 0 Å². The summed E-state index contributed by atoms with van der Waals surface area (Å²) in [5.41, 5.74) is 1.42. The van der Waals surface area contributed by atoms with Gasteiger partial charge in [0, 0.05) is 24.1 Å². The van der Waals surface area contributed by atoms with Crippen LogP contribution >= 0.6 is 15.9 Å². The lowest BCUT2D eigenvalue weighted by Crippen LogP contribution is -2.54. The van der Waals surface area contributed by atoms with Gasteiger partial charge >= 0.3 is 0 Å². The van der Waals surface area contributed by atoms with Crippen molar-refractivity contribution < 1.29 is 0 Å². The summed E-state index contributed by atoms with van der Waals surface area (Å²) in [7, 11) is 0. The average Bonchev–Trinajstić information content (AvgIpc) is 2.33. The van der Waals surface area contributed by atoms with Crippen LogP contribution in [0.5, 0.6) is 0 Å². The second kappa shape index (κ2) is 7.85. The summed E-state index contributed by atoms with van der Waals surface area (Å²) >= 11 is 3.45. The molecule has 98 valence electrons. The van der Waals surface area contributed by atoms with Gasteiger partial charge in [0.2, 0.25) is 0 Å². The Hall–Kier alpha value is -0.380. The van der Waals surface area contributed by atoms with Gasteiger partial charge in [-0.3, -0.25) is 0 Å². The van der Waals surface area contributed by atoms with E-state index in [2.05, 4.69) is 57.8 Å². The van der Waals surface area contributed by atoms with Crippen LogP contribution in [0.15, 0.2) is 28.7 Å². The van der Waals surface area contributed by atoms with Crippen LogP contribution in [0.4, 0.5) is 0 Å². The van der Waals surface area contributed by atoms with Crippen LogP contribution in [0.3, 0.4) is 0 Å². The Kier molecular flexibility index (Phi) is 7.68. The van der Waals surface area contributed by atoms with Gasteiger partial charge in [-0.05, 0) is 24.6 Å². The molecular weight excluding hydrogens is 276 g/mol. The molecule has 1 atom stereocenters. The van der Waals surface area contributed by atoms with Crippen molar-refractivity contribution in [2.24, 2.45) is 0 Å². The number of nitrogens with one attached hydrogen (secondary N) is 2. The molecule has 1 saturated heterocycles. The number of halogens is 1. The summed E-state index contributed by atoms with van der Waals surface area (Å²) in [4.78, 5) is 0. The van der Waals surface area contributed by atoms with Gasteiger partial charge in [-0.2, -0.15) is 0 Å². The van der Waals surface area contributed by atoms with Gasteiger partial charge in [0.15, 0.2) is 0 Å².